The lowest BCUT2D eigenvalue weighted by Gasteiger charge is -2.59. The predicted octanol–water partition coefficient (Wildman–Crippen LogP) is 4.06. The maximum atomic E-state index is 12.8. The Labute approximate surface area is 189 Å². The van der Waals surface area contributed by atoms with Gasteiger partial charge in [-0.1, -0.05) is 31.6 Å². The fraction of sp³-hybridized carbons (Fsp3) is 0.600. The minimum absolute atomic E-state index is 0.0514. The number of fused-ring (bicyclic) bond motifs is 5. The van der Waals surface area contributed by atoms with Gasteiger partial charge in [0.05, 0.1) is 0 Å². The first-order valence-corrected chi connectivity index (χ1v) is 13.1. The van der Waals surface area contributed by atoms with E-state index in [-0.39, 0.29) is 28.3 Å². The fourth-order valence-electron chi connectivity index (χ4n) is 7.62. The topological polar surface area (TPSA) is 104 Å². The number of hydrogen-bond acceptors (Lipinski definition) is 5. The van der Waals surface area contributed by atoms with Crippen LogP contribution in [0.15, 0.2) is 35.9 Å². The molecule has 0 radical (unpaired) electrons. The number of carbonyl (C=O) groups is 2. The zero-order valence-electron chi connectivity index (χ0n) is 18.7. The number of Topliss-reactive ketones (excluding diaryl/α,β-unsaturated/α-hetero) is 1. The lowest BCUT2D eigenvalue weighted by Crippen LogP contribution is -2.52. The van der Waals surface area contributed by atoms with Crippen molar-refractivity contribution in [2.24, 2.45) is 33.7 Å². The molecule has 7 heteroatoms. The average molecular weight is 458 g/mol. The maximum absolute atomic E-state index is 12.8. The van der Waals surface area contributed by atoms with Crippen molar-refractivity contribution in [3.8, 4) is 5.75 Å². The van der Waals surface area contributed by atoms with E-state index in [2.05, 4.69) is 13.8 Å². The van der Waals surface area contributed by atoms with Gasteiger partial charge >= 0.3 is 10.3 Å². The highest BCUT2D eigenvalue weighted by atomic mass is 32.2. The molecule has 0 amide bonds. The van der Waals surface area contributed by atoms with Crippen LogP contribution >= 0.6 is 0 Å². The molecule has 0 bridgehead atoms. The molecule has 6 nitrogen and oxygen atoms in total. The first kappa shape index (κ1) is 21.8. The van der Waals surface area contributed by atoms with Gasteiger partial charge in [0.2, 0.25) is 0 Å². The third-order valence-electron chi connectivity index (χ3n) is 9.21. The van der Waals surface area contributed by atoms with Crippen molar-refractivity contribution in [2.45, 2.75) is 64.7 Å². The van der Waals surface area contributed by atoms with Crippen LogP contribution in [0.1, 0.15) is 70.3 Å². The van der Waals surface area contributed by atoms with Crippen molar-refractivity contribution in [2.75, 3.05) is 0 Å². The molecule has 1 aromatic carbocycles. The molecule has 3 fully saturated rings. The van der Waals surface area contributed by atoms with Crippen LogP contribution in [0.2, 0.25) is 0 Å². The van der Waals surface area contributed by atoms with Crippen LogP contribution < -0.4 is 9.32 Å². The molecule has 6 atom stereocenters. The normalized spacial score (nSPS) is 39.0. The fourth-order valence-corrected chi connectivity index (χ4v) is 8.00. The van der Waals surface area contributed by atoms with E-state index >= 15 is 0 Å². The molecule has 4 aliphatic carbocycles. The van der Waals surface area contributed by atoms with Gasteiger partial charge in [-0.2, -0.15) is 13.6 Å². The summed E-state index contributed by atoms with van der Waals surface area (Å²) in [4.78, 5) is 25.2. The maximum Gasteiger partial charge on any atom is 0.380 e. The van der Waals surface area contributed by atoms with Crippen molar-refractivity contribution >= 4 is 21.9 Å². The number of rotatable bonds is 3. The van der Waals surface area contributed by atoms with Crippen LogP contribution in [0.4, 0.5) is 0 Å². The van der Waals surface area contributed by atoms with E-state index in [1.54, 1.807) is 12.1 Å². The van der Waals surface area contributed by atoms with E-state index in [0.717, 1.165) is 37.7 Å². The summed E-state index contributed by atoms with van der Waals surface area (Å²) in [5, 5.41) is 4.99. The average Bonchev–Trinajstić information content (AvgIpc) is 3.03. The lowest BCUT2D eigenvalue weighted by molar-refractivity contribution is -0.132. The number of allylic oxidation sites excluding steroid dienone is 1. The second-order valence-corrected chi connectivity index (χ2v) is 11.9. The van der Waals surface area contributed by atoms with Crippen molar-refractivity contribution in [1.82, 2.24) is 0 Å². The number of benzene rings is 1. The smallest absolute Gasteiger partial charge is 0.371 e. The highest BCUT2D eigenvalue weighted by Gasteiger charge is 2.60. The first-order chi connectivity index (χ1) is 15.0. The Hall–Kier alpha value is -1.99. The molecule has 172 valence electrons. The third-order valence-corrected chi connectivity index (χ3v) is 9.63. The molecule has 3 saturated carbocycles. The summed E-state index contributed by atoms with van der Waals surface area (Å²) in [5.41, 5.74) is 2.00. The molecular formula is C25H31NO5S. The van der Waals surface area contributed by atoms with Crippen LogP contribution in [-0.2, 0) is 19.9 Å². The van der Waals surface area contributed by atoms with Gasteiger partial charge in [0, 0.05) is 24.2 Å². The monoisotopic (exact) mass is 457 g/mol. The minimum Gasteiger partial charge on any atom is -0.371 e. The molecule has 0 saturated heterocycles. The zero-order valence-corrected chi connectivity index (χ0v) is 19.5. The number of nitrogens with two attached hydrogens (primary N) is 1. The summed E-state index contributed by atoms with van der Waals surface area (Å²) >= 11 is 0. The molecule has 0 heterocycles. The standard InChI is InChI=1S/C25H31NO5S/c1-24-11-9-16(27)13-22(24)18(15-3-5-17(6-4-15)31-32(26,29)30)14-19-20-7-8-23(28)25(20,2)12-10-21(19)24/h3-6,13,18-21H,7-12,14H2,1-2H3,(H2,26,29,30)/t18-,19+,20+,21+,24-,25+/m1/s1. The van der Waals surface area contributed by atoms with E-state index in [1.807, 2.05) is 18.2 Å². The summed E-state index contributed by atoms with van der Waals surface area (Å²) in [6.45, 7) is 4.50. The highest BCUT2D eigenvalue weighted by Crippen LogP contribution is 2.66. The molecule has 0 spiro atoms. The minimum atomic E-state index is -4.08. The lowest BCUT2D eigenvalue weighted by atomic mass is 9.45. The molecule has 32 heavy (non-hydrogen) atoms. The van der Waals surface area contributed by atoms with Crippen LogP contribution in [0.5, 0.6) is 5.75 Å². The van der Waals surface area contributed by atoms with E-state index in [9.17, 15) is 18.0 Å². The van der Waals surface area contributed by atoms with Crippen LogP contribution in [0.25, 0.3) is 0 Å². The summed E-state index contributed by atoms with van der Waals surface area (Å²) in [6.07, 6.45) is 7.90. The van der Waals surface area contributed by atoms with E-state index in [4.69, 9.17) is 9.32 Å². The summed E-state index contributed by atoms with van der Waals surface area (Å²) in [5.74, 6) is 2.20. The number of carbonyl (C=O) groups excluding carboxylic acids is 2. The van der Waals surface area contributed by atoms with Gasteiger partial charge in [0.1, 0.15) is 11.5 Å². The summed E-state index contributed by atoms with van der Waals surface area (Å²) in [7, 11) is -4.08. The Bertz CT molecular complexity index is 1110. The van der Waals surface area contributed by atoms with Crippen molar-refractivity contribution in [3.05, 3.63) is 41.5 Å². The van der Waals surface area contributed by atoms with Gasteiger partial charge in [0.25, 0.3) is 0 Å². The van der Waals surface area contributed by atoms with Crippen LogP contribution in [0.3, 0.4) is 0 Å². The second-order valence-electron chi connectivity index (χ2n) is 10.7. The van der Waals surface area contributed by atoms with Gasteiger partial charge in [-0.05, 0) is 79.0 Å². The van der Waals surface area contributed by atoms with Crippen molar-refractivity contribution in [3.63, 3.8) is 0 Å². The first-order valence-electron chi connectivity index (χ1n) is 11.6. The van der Waals surface area contributed by atoms with Gasteiger partial charge in [-0.15, -0.1) is 0 Å². The van der Waals surface area contributed by atoms with E-state index in [0.29, 0.717) is 36.4 Å². The third kappa shape index (κ3) is 3.36. The van der Waals surface area contributed by atoms with Gasteiger partial charge in [0.15, 0.2) is 5.78 Å². The SMILES string of the molecule is C[C@]12CCC(=O)C=C1[C@@H](c1ccc(OS(N)(=O)=O)cc1)C[C@@H]1[C@@H]2CC[C@]2(C)C(=O)CC[C@@H]12. The Morgan fingerprint density at radius 1 is 0.969 bits per heavy atom. The largest absolute Gasteiger partial charge is 0.380 e. The Kier molecular flexibility index (Phi) is 4.95. The van der Waals surface area contributed by atoms with Crippen molar-refractivity contribution < 1.29 is 22.2 Å². The van der Waals surface area contributed by atoms with Gasteiger partial charge in [-0.3, -0.25) is 9.59 Å². The molecule has 0 unspecified atom stereocenters. The molecule has 0 aromatic heterocycles. The highest BCUT2D eigenvalue weighted by molar-refractivity contribution is 7.84. The summed E-state index contributed by atoms with van der Waals surface area (Å²) < 4.78 is 27.3. The Morgan fingerprint density at radius 2 is 1.66 bits per heavy atom. The molecule has 2 N–H and O–H groups in total. The van der Waals surface area contributed by atoms with Gasteiger partial charge in [-0.25, -0.2) is 0 Å². The van der Waals surface area contributed by atoms with Crippen LogP contribution in [-0.4, -0.2) is 20.0 Å². The quantitative estimate of drug-likeness (QED) is 0.737. The van der Waals surface area contributed by atoms with Gasteiger partial charge < -0.3 is 4.18 Å². The number of ketones is 2. The Balaban J connectivity index is 1.55. The number of hydrogen-bond donors (Lipinski definition) is 1. The molecule has 0 aliphatic heterocycles. The molecule has 5 rings (SSSR count). The van der Waals surface area contributed by atoms with Crippen LogP contribution in [0, 0.1) is 28.6 Å². The molecule has 1 aromatic rings. The van der Waals surface area contributed by atoms with E-state index in [1.165, 1.54) is 5.57 Å². The molecule has 4 aliphatic rings. The molecular weight excluding hydrogens is 426 g/mol. The predicted molar refractivity (Wildman–Crippen MR) is 120 cm³/mol. The Morgan fingerprint density at radius 3 is 2.34 bits per heavy atom. The van der Waals surface area contributed by atoms with E-state index < -0.39 is 10.3 Å². The second kappa shape index (κ2) is 7.26. The zero-order chi connectivity index (χ0) is 22.9. The summed E-state index contributed by atoms with van der Waals surface area (Å²) in [6, 6.07) is 7.01. The van der Waals surface area contributed by atoms with Crippen molar-refractivity contribution in [1.29, 1.82) is 0 Å².